The second kappa shape index (κ2) is 8.19. The van der Waals surface area contributed by atoms with Crippen molar-refractivity contribution >= 4 is 39.3 Å². The maximum Gasteiger partial charge on any atom is 0.0834 e. The molecule has 1 unspecified atom stereocenters. The topological polar surface area (TPSA) is 55.9 Å². The van der Waals surface area contributed by atoms with Gasteiger partial charge in [-0.2, -0.15) is 5.10 Å². The van der Waals surface area contributed by atoms with Crippen LogP contribution in [-0.4, -0.2) is 15.5 Å². The first-order valence-corrected chi connectivity index (χ1v) is 8.87. The smallest absolute Gasteiger partial charge is 0.0834 e. The minimum Gasteiger partial charge on any atom is -0.271 e. The van der Waals surface area contributed by atoms with E-state index in [1.165, 1.54) is 4.90 Å². The quantitative estimate of drug-likeness (QED) is 0.427. The zero-order chi connectivity index (χ0) is 15.2. The molecule has 21 heavy (non-hydrogen) atoms. The fourth-order valence-electron chi connectivity index (χ4n) is 2.05. The van der Waals surface area contributed by atoms with Crippen molar-refractivity contribution in [2.75, 3.05) is 5.75 Å². The van der Waals surface area contributed by atoms with Crippen LogP contribution in [0.25, 0.3) is 0 Å². The lowest BCUT2D eigenvalue weighted by Crippen LogP contribution is -2.31. The van der Waals surface area contributed by atoms with Crippen molar-refractivity contribution in [3.05, 3.63) is 45.7 Å². The number of thioether (sulfide) groups is 1. The predicted molar refractivity (Wildman–Crippen MR) is 92.5 cm³/mol. The molecule has 114 valence electrons. The first kappa shape index (κ1) is 16.8. The summed E-state index contributed by atoms with van der Waals surface area (Å²) in [5, 5.41) is 4.97. The average Bonchev–Trinajstić information content (AvgIpc) is 2.84. The summed E-state index contributed by atoms with van der Waals surface area (Å²) in [4.78, 5) is 1.18. The molecule has 7 heteroatoms. The van der Waals surface area contributed by atoms with Crippen LogP contribution >= 0.6 is 39.3 Å². The van der Waals surface area contributed by atoms with Crippen LogP contribution in [0.4, 0.5) is 0 Å². The van der Waals surface area contributed by atoms with E-state index in [9.17, 15) is 0 Å². The summed E-state index contributed by atoms with van der Waals surface area (Å²) < 4.78 is 3.01. The van der Waals surface area contributed by atoms with E-state index in [-0.39, 0.29) is 6.04 Å². The van der Waals surface area contributed by atoms with Crippen molar-refractivity contribution in [1.29, 1.82) is 0 Å². The molecular formula is C14H18BrClN4S. The molecule has 0 saturated heterocycles. The van der Waals surface area contributed by atoms with Crippen molar-refractivity contribution in [1.82, 2.24) is 15.2 Å². The number of nitrogens with one attached hydrogen (secondary N) is 1. The van der Waals surface area contributed by atoms with Gasteiger partial charge in [0.05, 0.1) is 23.0 Å². The number of hydrazine groups is 1. The van der Waals surface area contributed by atoms with Crippen molar-refractivity contribution in [2.24, 2.45) is 5.84 Å². The van der Waals surface area contributed by atoms with Crippen LogP contribution in [0.15, 0.2) is 39.8 Å². The molecule has 1 aromatic heterocycles. The molecule has 1 atom stereocenters. The average molecular weight is 390 g/mol. The molecule has 3 N–H and O–H groups in total. The normalized spacial score (nSPS) is 12.6. The highest BCUT2D eigenvalue weighted by molar-refractivity contribution is 9.10. The monoisotopic (exact) mass is 388 g/mol. The largest absolute Gasteiger partial charge is 0.271 e. The summed E-state index contributed by atoms with van der Waals surface area (Å²) in [7, 11) is 0. The Bertz CT molecular complexity index is 590. The SMILES string of the molecule is CCCn1ncc(Cl)c1C(CSc1ccccc1Br)NN. The second-order valence-corrected chi connectivity index (χ2v) is 6.88. The molecule has 0 bridgehead atoms. The minimum atomic E-state index is -0.0522. The van der Waals surface area contributed by atoms with Gasteiger partial charge in [0.2, 0.25) is 0 Å². The van der Waals surface area contributed by atoms with Gasteiger partial charge in [-0.05, 0) is 34.5 Å². The van der Waals surface area contributed by atoms with Gasteiger partial charge in [-0.25, -0.2) is 0 Å². The van der Waals surface area contributed by atoms with Gasteiger partial charge in [0, 0.05) is 21.7 Å². The zero-order valence-electron chi connectivity index (χ0n) is 11.7. The van der Waals surface area contributed by atoms with Crippen LogP contribution in [0.1, 0.15) is 25.1 Å². The van der Waals surface area contributed by atoms with Gasteiger partial charge in [0.25, 0.3) is 0 Å². The van der Waals surface area contributed by atoms with E-state index in [0.717, 1.165) is 28.9 Å². The Balaban J connectivity index is 2.13. The lowest BCUT2D eigenvalue weighted by molar-refractivity contribution is 0.509. The van der Waals surface area contributed by atoms with Crippen LogP contribution in [0, 0.1) is 0 Å². The van der Waals surface area contributed by atoms with E-state index < -0.39 is 0 Å². The number of aryl methyl sites for hydroxylation is 1. The Morgan fingerprint density at radius 3 is 2.90 bits per heavy atom. The number of nitrogens with zero attached hydrogens (tertiary/aromatic N) is 2. The van der Waals surface area contributed by atoms with Gasteiger partial charge in [-0.15, -0.1) is 11.8 Å². The van der Waals surface area contributed by atoms with Gasteiger partial charge < -0.3 is 0 Å². The number of benzene rings is 1. The van der Waals surface area contributed by atoms with E-state index in [0.29, 0.717) is 5.02 Å². The highest BCUT2D eigenvalue weighted by atomic mass is 79.9. The highest BCUT2D eigenvalue weighted by Gasteiger charge is 2.19. The number of aromatic nitrogens is 2. The van der Waals surface area contributed by atoms with E-state index >= 15 is 0 Å². The Morgan fingerprint density at radius 1 is 1.48 bits per heavy atom. The van der Waals surface area contributed by atoms with E-state index in [4.69, 9.17) is 17.4 Å². The van der Waals surface area contributed by atoms with Crippen molar-refractivity contribution in [2.45, 2.75) is 30.8 Å². The molecule has 0 aliphatic heterocycles. The van der Waals surface area contributed by atoms with E-state index in [1.54, 1.807) is 18.0 Å². The standard InChI is InChI=1S/C14H18BrClN4S/c1-2-7-20-14(11(16)8-18-20)12(19-17)9-21-13-6-4-3-5-10(13)15/h3-6,8,12,19H,2,7,9,17H2,1H3. The fraction of sp³-hybridized carbons (Fsp3) is 0.357. The molecule has 0 saturated carbocycles. The summed E-state index contributed by atoms with van der Waals surface area (Å²) in [5.41, 5.74) is 3.80. The molecule has 2 aromatic rings. The molecule has 2 rings (SSSR count). The predicted octanol–water partition coefficient (Wildman–Crippen LogP) is 4.01. The number of rotatable bonds is 7. The Labute approximate surface area is 142 Å². The van der Waals surface area contributed by atoms with Gasteiger partial charge in [0.15, 0.2) is 0 Å². The summed E-state index contributed by atoms with van der Waals surface area (Å²) >= 11 is 11.5. The van der Waals surface area contributed by atoms with Crippen molar-refractivity contribution in [3.8, 4) is 0 Å². The lowest BCUT2D eigenvalue weighted by atomic mass is 10.2. The van der Waals surface area contributed by atoms with Crippen LogP contribution in [-0.2, 0) is 6.54 Å². The molecule has 0 fully saturated rings. The maximum absolute atomic E-state index is 6.27. The first-order valence-electron chi connectivity index (χ1n) is 6.72. The molecule has 0 radical (unpaired) electrons. The van der Waals surface area contributed by atoms with Crippen molar-refractivity contribution < 1.29 is 0 Å². The second-order valence-electron chi connectivity index (χ2n) is 4.56. The number of halogens is 2. The van der Waals surface area contributed by atoms with E-state index in [1.807, 2.05) is 22.9 Å². The van der Waals surface area contributed by atoms with Gasteiger partial charge in [0.1, 0.15) is 0 Å². The Morgan fingerprint density at radius 2 is 2.24 bits per heavy atom. The third-order valence-corrected chi connectivity index (χ3v) is 5.45. The summed E-state index contributed by atoms with van der Waals surface area (Å²) in [6.45, 7) is 2.94. The highest BCUT2D eigenvalue weighted by Crippen LogP contribution is 2.32. The van der Waals surface area contributed by atoms with Gasteiger partial charge >= 0.3 is 0 Å². The lowest BCUT2D eigenvalue weighted by Gasteiger charge is -2.18. The number of hydrogen-bond donors (Lipinski definition) is 2. The summed E-state index contributed by atoms with van der Waals surface area (Å²) in [5.74, 6) is 6.50. The zero-order valence-corrected chi connectivity index (χ0v) is 14.9. The van der Waals surface area contributed by atoms with Crippen LogP contribution in [0.2, 0.25) is 5.02 Å². The molecule has 4 nitrogen and oxygen atoms in total. The van der Waals surface area contributed by atoms with E-state index in [2.05, 4.69) is 39.4 Å². The molecular weight excluding hydrogens is 372 g/mol. The molecule has 0 aliphatic carbocycles. The van der Waals surface area contributed by atoms with Crippen molar-refractivity contribution in [3.63, 3.8) is 0 Å². The summed E-state index contributed by atoms with van der Waals surface area (Å²) in [6.07, 6.45) is 2.68. The van der Waals surface area contributed by atoms with Crippen LogP contribution in [0.3, 0.4) is 0 Å². The minimum absolute atomic E-state index is 0.0522. The Hall–Kier alpha value is -0.530. The Kier molecular flexibility index (Phi) is 6.57. The third-order valence-electron chi connectivity index (χ3n) is 3.04. The molecule has 1 heterocycles. The molecule has 1 aromatic carbocycles. The third kappa shape index (κ3) is 4.23. The molecule has 0 spiro atoms. The first-order chi connectivity index (χ1) is 10.2. The maximum atomic E-state index is 6.27. The number of nitrogens with two attached hydrogens (primary N) is 1. The van der Waals surface area contributed by atoms with Crippen LogP contribution in [0.5, 0.6) is 0 Å². The molecule has 0 amide bonds. The molecule has 0 aliphatic rings. The van der Waals surface area contributed by atoms with Gasteiger partial charge in [-0.3, -0.25) is 16.0 Å². The van der Waals surface area contributed by atoms with Gasteiger partial charge in [-0.1, -0.05) is 30.7 Å². The fourth-order valence-corrected chi connectivity index (χ4v) is 3.93. The number of hydrogen-bond acceptors (Lipinski definition) is 4. The van der Waals surface area contributed by atoms with Crippen LogP contribution < -0.4 is 11.3 Å². The summed E-state index contributed by atoms with van der Waals surface area (Å²) in [6, 6.07) is 8.07.